The molecule has 1 aromatic rings. The summed E-state index contributed by atoms with van der Waals surface area (Å²) in [4.78, 5) is 49.5. The highest BCUT2D eigenvalue weighted by Crippen LogP contribution is 2.38. The summed E-state index contributed by atoms with van der Waals surface area (Å²) in [6, 6.07) is 3.07. The maximum atomic E-state index is 12.9. The lowest BCUT2D eigenvalue weighted by Crippen LogP contribution is -2.40. The molecule has 1 aromatic carbocycles. The van der Waals surface area contributed by atoms with Gasteiger partial charge in [-0.05, 0) is 78.0 Å². The van der Waals surface area contributed by atoms with E-state index in [4.69, 9.17) is 24.7 Å². The molecule has 3 N–H and O–H groups in total. The van der Waals surface area contributed by atoms with Crippen molar-refractivity contribution in [3.8, 4) is 11.5 Å². The average Bonchev–Trinajstić information content (AvgIpc) is 2.83. The molecule has 0 heterocycles. The molecular formula is C28H43NO9. The largest absolute Gasteiger partial charge is 0.508 e. The lowest BCUT2D eigenvalue weighted by Gasteiger charge is -2.28. The van der Waals surface area contributed by atoms with E-state index in [1.54, 1.807) is 54.5 Å². The Morgan fingerprint density at radius 1 is 0.895 bits per heavy atom. The first kappa shape index (κ1) is 32.9. The van der Waals surface area contributed by atoms with Crippen LogP contribution in [0.25, 0.3) is 0 Å². The highest BCUT2D eigenvalue weighted by atomic mass is 16.7. The molecule has 38 heavy (non-hydrogen) atoms. The molecule has 214 valence electrons. The second-order valence-corrected chi connectivity index (χ2v) is 11.1. The lowest BCUT2D eigenvalue weighted by molar-refractivity contribution is -0.147. The van der Waals surface area contributed by atoms with Crippen molar-refractivity contribution >= 4 is 24.1 Å². The summed E-state index contributed by atoms with van der Waals surface area (Å²) in [6.07, 6.45) is -0.246. The number of nitrogens with two attached hydrogens (primary N) is 1. The molecule has 0 bridgehead atoms. The third kappa shape index (κ3) is 9.01. The SMILES string of the molecule is CCC(C)(C)C(=O)Oc1ccc(C(C(C)COC(=O)OC(C)C)[C@H](N)C(=O)O)cc1OC(=O)C(C)(C)CC. The standard InChI is InChI=1S/C28H43NO9/c1-10-27(6,7)24(32)37-19-13-12-18(14-20(19)38-25(33)28(8,9)11-2)21(22(29)23(30)31)17(5)15-35-26(34)36-16(3)4/h12-14,16-17,21-22H,10-11,15,29H2,1-9H3,(H,30,31)/t17?,21?,22-/m0/s1. The van der Waals surface area contributed by atoms with Gasteiger partial charge < -0.3 is 29.8 Å². The van der Waals surface area contributed by atoms with E-state index in [-0.39, 0.29) is 24.2 Å². The van der Waals surface area contributed by atoms with E-state index in [0.29, 0.717) is 18.4 Å². The highest BCUT2D eigenvalue weighted by molar-refractivity contribution is 5.81. The molecule has 0 saturated heterocycles. The summed E-state index contributed by atoms with van der Waals surface area (Å²) in [6.45, 7) is 15.5. The van der Waals surface area contributed by atoms with E-state index < -0.39 is 52.8 Å². The molecule has 0 spiro atoms. The summed E-state index contributed by atoms with van der Waals surface area (Å²) < 4.78 is 21.4. The third-order valence-electron chi connectivity index (χ3n) is 6.71. The fraction of sp³-hybridized carbons (Fsp3) is 0.643. The Kier molecular flexibility index (Phi) is 11.8. The lowest BCUT2D eigenvalue weighted by atomic mass is 9.82. The van der Waals surface area contributed by atoms with Crippen LogP contribution in [0.5, 0.6) is 11.5 Å². The van der Waals surface area contributed by atoms with Gasteiger partial charge in [0, 0.05) is 5.92 Å². The van der Waals surface area contributed by atoms with E-state index >= 15 is 0 Å². The zero-order chi connectivity index (χ0) is 29.4. The van der Waals surface area contributed by atoms with Crippen molar-refractivity contribution in [3.63, 3.8) is 0 Å². The van der Waals surface area contributed by atoms with E-state index in [9.17, 15) is 24.3 Å². The number of hydrogen-bond donors (Lipinski definition) is 2. The van der Waals surface area contributed by atoms with Crippen molar-refractivity contribution in [2.24, 2.45) is 22.5 Å². The van der Waals surface area contributed by atoms with Crippen LogP contribution < -0.4 is 15.2 Å². The minimum atomic E-state index is -1.38. The predicted octanol–water partition coefficient (Wildman–Crippen LogP) is 5.06. The number of aliphatic carboxylic acids is 1. The molecule has 0 aliphatic heterocycles. The van der Waals surface area contributed by atoms with Gasteiger partial charge in [-0.25, -0.2) is 4.79 Å². The normalized spacial score (nSPS) is 14.3. The van der Waals surface area contributed by atoms with Crippen molar-refractivity contribution in [1.29, 1.82) is 0 Å². The van der Waals surface area contributed by atoms with Gasteiger partial charge in [0.1, 0.15) is 6.04 Å². The van der Waals surface area contributed by atoms with Crippen LogP contribution in [-0.4, -0.2) is 47.9 Å². The Morgan fingerprint density at radius 3 is 1.84 bits per heavy atom. The predicted molar refractivity (Wildman–Crippen MR) is 141 cm³/mol. The minimum Gasteiger partial charge on any atom is -0.480 e. The van der Waals surface area contributed by atoms with E-state index in [0.717, 1.165) is 0 Å². The number of carbonyl (C=O) groups excluding carboxylic acids is 3. The maximum Gasteiger partial charge on any atom is 0.508 e. The van der Waals surface area contributed by atoms with Crippen molar-refractivity contribution in [2.75, 3.05) is 6.61 Å². The molecule has 0 amide bonds. The van der Waals surface area contributed by atoms with Crippen LogP contribution in [0.15, 0.2) is 18.2 Å². The molecule has 10 heteroatoms. The smallest absolute Gasteiger partial charge is 0.480 e. The van der Waals surface area contributed by atoms with Gasteiger partial charge >= 0.3 is 24.1 Å². The second-order valence-electron chi connectivity index (χ2n) is 11.1. The van der Waals surface area contributed by atoms with E-state index in [2.05, 4.69) is 0 Å². The number of ether oxygens (including phenoxy) is 4. The van der Waals surface area contributed by atoms with Crippen LogP contribution in [0.1, 0.15) is 86.6 Å². The van der Waals surface area contributed by atoms with Crippen LogP contribution in [0.2, 0.25) is 0 Å². The first-order chi connectivity index (χ1) is 17.5. The molecule has 10 nitrogen and oxygen atoms in total. The number of carbonyl (C=O) groups is 4. The van der Waals surface area contributed by atoms with Crippen molar-refractivity contribution in [2.45, 2.75) is 93.2 Å². The van der Waals surface area contributed by atoms with Gasteiger partial charge in [-0.2, -0.15) is 0 Å². The van der Waals surface area contributed by atoms with Crippen LogP contribution in [0.3, 0.4) is 0 Å². The monoisotopic (exact) mass is 537 g/mol. The number of hydrogen-bond acceptors (Lipinski definition) is 9. The molecule has 1 rings (SSSR count). The Labute approximate surface area is 225 Å². The quantitative estimate of drug-likeness (QED) is 0.258. The Hall–Kier alpha value is -3.14. The van der Waals surface area contributed by atoms with Crippen LogP contribution in [0.4, 0.5) is 4.79 Å². The van der Waals surface area contributed by atoms with Crippen molar-refractivity contribution in [3.05, 3.63) is 23.8 Å². The van der Waals surface area contributed by atoms with Gasteiger partial charge in [0.15, 0.2) is 11.5 Å². The van der Waals surface area contributed by atoms with Gasteiger partial charge in [0.05, 0.1) is 23.5 Å². The number of carboxylic acids is 1. The Bertz CT molecular complexity index is 1000. The Balaban J connectivity index is 3.50. The summed E-state index contributed by atoms with van der Waals surface area (Å²) in [7, 11) is 0. The van der Waals surface area contributed by atoms with Crippen LogP contribution >= 0.6 is 0 Å². The molecule has 0 radical (unpaired) electrons. The van der Waals surface area contributed by atoms with E-state index in [1.165, 1.54) is 12.1 Å². The molecule has 0 fully saturated rings. The van der Waals surface area contributed by atoms with E-state index in [1.807, 2.05) is 13.8 Å². The summed E-state index contributed by atoms with van der Waals surface area (Å²) in [5.41, 5.74) is 4.85. The van der Waals surface area contributed by atoms with Crippen LogP contribution in [0, 0.1) is 16.7 Å². The van der Waals surface area contributed by atoms with Crippen molar-refractivity contribution < 1.29 is 43.2 Å². The second kappa shape index (κ2) is 13.6. The fourth-order valence-electron chi connectivity index (χ4n) is 3.23. The summed E-state index contributed by atoms with van der Waals surface area (Å²) >= 11 is 0. The summed E-state index contributed by atoms with van der Waals surface area (Å²) in [5, 5.41) is 9.69. The molecule has 2 unspecified atom stereocenters. The first-order valence-electron chi connectivity index (χ1n) is 12.9. The number of rotatable bonds is 13. The van der Waals surface area contributed by atoms with Gasteiger partial charge in [-0.15, -0.1) is 0 Å². The van der Waals surface area contributed by atoms with Crippen molar-refractivity contribution in [1.82, 2.24) is 0 Å². The molecule has 0 aliphatic carbocycles. The average molecular weight is 538 g/mol. The number of carboxylic acid groups (broad SMARTS) is 1. The zero-order valence-corrected chi connectivity index (χ0v) is 24.0. The molecule has 3 atom stereocenters. The topological polar surface area (TPSA) is 151 Å². The van der Waals surface area contributed by atoms with Gasteiger partial charge in [-0.3, -0.25) is 14.4 Å². The molecule has 0 aliphatic rings. The van der Waals surface area contributed by atoms with Gasteiger partial charge in [0.25, 0.3) is 0 Å². The van der Waals surface area contributed by atoms with Crippen LogP contribution in [-0.2, 0) is 23.9 Å². The highest BCUT2D eigenvalue weighted by Gasteiger charge is 2.35. The molecular weight excluding hydrogens is 494 g/mol. The molecule has 0 aromatic heterocycles. The fourth-order valence-corrected chi connectivity index (χ4v) is 3.23. The Morgan fingerprint density at radius 2 is 1.39 bits per heavy atom. The minimum absolute atomic E-state index is 0.0209. The summed E-state index contributed by atoms with van der Waals surface area (Å²) in [5.74, 6) is -3.76. The maximum absolute atomic E-state index is 12.9. The number of benzene rings is 1. The molecule has 0 saturated carbocycles. The number of esters is 2. The zero-order valence-electron chi connectivity index (χ0n) is 24.0. The van der Waals surface area contributed by atoms with Gasteiger partial charge in [-0.1, -0.05) is 26.8 Å². The van der Waals surface area contributed by atoms with Gasteiger partial charge in [0.2, 0.25) is 0 Å². The first-order valence-corrected chi connectivity index (χ1v) is 12.9. The third-order valence-corrected chi connectivity index (χ3v) is 6.71.